The lowest BCUT2D eigenvalue weighted by Crippen LogP contribution is -2.40. The molecule has 1 amide bonds. The molecule has 1 N–H and O–H groups in total. The molecule has 3 aromatic rings. The van der Waals surface area contributed by atoms with Gasteiger partial charge in [-0.2, -0.15) is 9.40 Å². The van der Waals surface area contributed by atoms with E-state index < -0.39 is 15.9 Å². The van der Waals surface area contributed by atoms with Gasteiger partial charge in [0, 0.05) is 30.7 Å². The van der Waals surface area contributed by atoms with Crippen molar-refractivity contribution in [1.82, 2.24) is 14.1 Å². The zero-order valence-corrected chi connectivity index (χ0v) is 20.3. The van der Waals surface area contributed by atoms with Crippen LogP contribution < -0.4 is 10.9 Å². The highest BCUT2D eigenvalue weighted by molar-refractivity contribution is 7.89. The molecule has 180 valence electrons. The summed E-state index contributed by atoms with van der Waals surface area (Å²) in [5.41, 5.74) is 0.924. The van der Waals surface area contributed by atoms with Crippen molar-refractivity contribution in [2.24, 2.45) is 5.92 Å². The molecule has 1 fully saturated rings. The number of morpholine rings is 1. The molecule has 10 heteroatoms. The SMILES string of the molecule is Cc1ccc(S(=O)(=O)N2CCOCC2)cc1NC(=O)c1nn(CC(C)C)c(=O)c2ccccc12. The Balaban J connectivity index is 1.71. The van der Waals surface area contributed by atoms with Crippen LogP contribution in [0.3, 0.4) is 0 Å². The van der Waals surface area contributed by atoms with E-state index in [2.05, 4.69) is 10.4 Å². The molecular formula is C24H28N4O5S. The number of carbonyl (C=O) groups excluding carboxylic acids is 1. The van der Waals surface area contributed by atoms with Crippen LogP contribution >= 0.6 is 0 Å². The zero-order chi connectivity index (χ0) is 24.5. The zero-order valence-electron chi connectivity index (χ0n) is 19.4. The second-order valence-electron chi connectivity index (χ2n) is 8.72. The van der Waals surface area contributed by atoms with Crippen LogP contribution in [0.2, 0.25) is 0 Å². The van der Waals surface area contributed by atoms with Gasteiger partial charge in [-0.1, -0.05) is 38.1 Å². The Kier molecular flexibility index (Phi) is 6.83. The minimum absolute atomic E-state index is 0.0953. The average molecular weight is 485 g/mol. The van der Waals surface area contributed by atoms with Gasteiger partial charge in [0.15, 0.2) is 5.69 Å². The summed E-state index contributed by atoms with van der Waals surface area (Å²) in [5.74, 6) is -0.357. The molecule has 2 heterocycles. The van der Waals surface area contributed by atoms with E-state index in [0.29, 0.717) is 41.8 Å². The lowest BCUT2D eigenvalue weighted by atomic mass is 10.1. The molecule has 2 aromatic carbocycles. The molecule has 0 bridgehead atoms. The molecule has 0 spiro atoms. The average Bonchev–Trinajstić information content (AvgIpc) is 2.82. The molecule has 0 atom stereocenters. The number of carbonyl (C=O) groups is 1. The third-order valence-corrected chi connectivity index (χ3v) is 7.58. The van der Waals surface area contributed by atoms with Crippen LogP contribution in [0, 0.1) is 12.8 Å². The maximum absolute atomic E-state index is 13.3. The number of sulfonamides is 1. The highest BCUT2D eigenvalue weighted by Crippen LogP contribution is 2.25. The van der Waals surface area contributed by atoms with E-state index in [1.807, 2.05) is 13.8 Å². The predicted molar refractivity (Wildman–Crippen MR) is 130 cm³/mol. The van der Waals surface area contributed by atoms with Gasteiger partial charge >= 0.3 is 0 Å². The van der Waals surface area contributed by atoms with E-state index in [4.69, 9.17) is 4.74 Å². The second-order valence-corrected chi connectivity index (χ2v) is 10.7. The Morgan fingerprint density at radius 1 is 1.12 bits per heavy atom. The van der Waals surface area contributed by atoms with Gasteiger partial charge in [-0.3, -0.25) is 9.59 Å². The highest BCUT2D eigenvalue weighted by Gasteiger charge is 2.27. The molecule has 0 unspecified atom stereocenters. The van der Waals surface area contributed by atoms with Crippen LogP contribution in [0.25, 0.3) is 10.8 Å². The Labute approximate surface area is 198 Å². The maximum atomic E-state index is 13.3. The lowest BCUT2D eigenvalue weighted by molar-refractivity contribution is 0.0730. The Morgan fingerprint density at radius 3 is 2.47 bits per heavy atom. The first-order valence-electron chi connectivity index (χ1n) is 11.2. The Bertz CT molecular complexity index is 1390. The van der Waals surface area contributed by atoms with Crippen molar-refractivity contribution in [1.29, 1.82) is 0 Å². The van der Waals surface area contributed by atoms with Gasteiger partial charge in [0.1, 0.15) is 0 Å². The molecule has 0 aliphatic carbocycles. The predicted octanol–water partition coefficient (Wildman–Crippen LogP) is 2.63. The van der Waals surface area contributed by atoms with Crippen LogP contribution in [0.4, 0.5) is 5.69 Å². The van der Waals surface area contributed by atoms with Crippen molar-refractivity contribution in [2.75, 3.05) is 31.6 Å². The van der Waals surface area contributed by atoms with Crippen molar-refractivity contribution >= 4 is 32.4 Å². The fourth-order valence-electron chi connectivity index (χ4n) is 3.89. The Morgan fingerprint density at radius 2 is 1.79 bits per heavy atom. The standard InChI is InChI=1S/C24H28N4O5S/c1-16(2)15-28-24(30)20-7-5-4-6-19(20)22(26-28)23(29)25-21-14-18(9-8-17(21)3)34(31,32)27-10-12-33-13-11-27/h4-9,14,16H,10-13,15H2,1-3H3,(H,25,29). The number of hydrogen-bond acceptors (Lipinski definition) is 6. The van der Waals surface area contributed by atoms with E-state index in [1.165, 1.54) is 21.1 Å². The number of amides is 1. The van der Waals surface area contributed by atoms with Crippen molar-refractivity contribution in [3.8, 4) is 0 Å². The molecule has 1 aromatic heterocycles. The highest BCUT2D eigenvalue weighted by atomic mass is 32.2. The van der Waals surface area contributed by atoms with Crippen molar-refractivity contribution < 1.29 is 17.9 Å². The summed E-state index contributed by atoms with van der Waals surface area (Å²) in [6, 6.07) is 11.5. The van der Waals surface area contributed by atoms with Gasteiger partial charge in [-0.25, -0.2) is 13.1 Å². The molecule has 34 heavy (non-hydrogen) atoms. The quantitative estimate of drug-likeness (QED) is 0.576. The molecule has 1 saturated heterocycles. The molecule has 1 aliphatic rings. The second kappa shape index (κ2) is 9.65. The molecule has 1 aliphatic heterocycles. The van der Waals surface area contributed by atoms with Gasteiger partial charge < -0.3 is 10.1 Å². The first-order valence-corrected chi connectivity index (χ1v) is 12.6. The van der Waals surface area contributed by atoms with E-state index in [0.717, 1.165) is 0 Å². The number of anilines is 1. The van der Waals surface area contributed by atoms with Gasteiger partial charge in [-0.15, -0.1) is 0 Å². The fraction of sp³-hybridized carbons (Fsp3) is 0.375. The fourth-order valence-corrected chi connectivity index (χ4v) is 5.32. The number of hydrogen-bond donors (Lipinski definition) is 1. The van der Waals surface area contributed by atoms with Crippen LogP contribution in [-0.4, -0.2) is 54.7 Å². The Hall–Kier alpha value is -3.08. The number of rotatable bonds is 6. The van der Waals surface area contributed by atoms with Crippen LogP contribution in [0.1, 0.15) is 29.9 Å². The van der Waals surface area contributed by atoms with Crippen LogP contribution in [0.5, 0.6) is 0 Å². The van der Waals surface area contributed by atoms with Crippen LogP contribution in [-0.2, 0) is 21.3 Å². The number of ether oxygens (including phenoxy) is 1. The molecular weight excluding hydrogens is 456 g/mol. The molecule has 0 radical (unpaired) electrons. The monoisotopic (exact) mass is 484 g/mol. The van der Waals surface area contributed by atoms with Gasteiger partial charge in [0.25, 0.3) is 11.5 Å². The van der Waals surface area contributed by atoms with Gasteiger partial charge in [0.05, 0.1) is 23.5 Å². The van der Waals surface area contributed by atoms with Crippen LogP contribution in [0.15, 0.2) is 52.2 Å². The summed E-state index contributed by atoms with van der Waals surface area (Å²) in [5, 5.41) is 8.02. The number of nitrogens with zero attached hydrogens (tertiary/aromatic N) is 3. The summed E-state index contributed by atoms with van der Waals surface area (Å²) in [7, 11) is -3.72. The van der Waals surface area contributed by atoms with E-state index in [9.17, 15) is 18.0 Å². The van der Waals surface area contributed by atoms with E-state index >= 15 is 0 Å². The normalized spacial score (nSPS) is 15.1. The summed E-state index contributed by atoms with van der Waals surface area (Å²) in [4.78, 5) is 26.3. The first kappa shape index (κ1) is 24.1. The molecule has 9 nitrogen and oxygen atoms in total. The first-order chi connectivity index (χ1) is 16.2. The topological polar surface area (TPSA) is 111 Å². The third kappa shape index (κ3) is 4.75. The minimum Gasteiger partial charge on any atom is -0.379 e. The lowest BCUT2D eigenvalue weighted by Gasteiger charge is -2.26. The summed E-state index contributed by atoms with van der Waals surface area (Å²) in [6.45, 7) is 7.34. The number of aromatic nitrogens is 2. The number of fused-ring (bicyclic) bond motifs is 1. The molecule has 4 rings (SSSR count). The van der Waals surface area contributed by atoms with Crippen molar-refractivity contribution in [2.45, 2.75) is 32.2 Å². The van der Waals surface area contributed by atoms with Crippen molar-refractivity contribution in [3.05, 3.63) is 64.1 Å². The van der Waals surface area contributed by atoms with Gasteiger partial charge in [0.2, 0.25) is 10.0 Å². The third-order valence-electron chi connectivity index (χ3n) is 5.69. The number of aryl methyl sites for hydroxylation is 1. The smallest absolute Gasteiger partial charge is 0.276 e. The number of benzene rings is 2. The van der Waals surface area contributed by atoms with Crippen molar-refractivity contribution in [3.63, 3.8) is 0 Å². The summed E-state index contributed by atoms with van der Waals surface area (Å²) < 4.78 is 34.1. The number of nitrogens with one attached hydrogen (secondary N) is 1. The summed E-state index contributed by atoms with van der Waals surface area (Å²) >= 11 is 0. The minimum atomic E-state index is -3.72. The van der Waals surface area contributed by atoms with Gasteiger partial charge in [-0.05, 0) is 36.6 Å². The largest absolute Gasteiger partial charge is 0.379 e. The van der Waals surface area contributed by atoms with E-state index in [1.54, 1.807) is 37.3 Å². The van der Waals surface area contributed by atoms with E-state index in [-0.39, 0.29) is 35.2 Å². The summed E-state index contributed by atoms with van der Waals surface area (Å²) in [6.07, 6.45) is 0. The maximum Gasteiger partial charge on any atom is 0.276 e. The molecule has 0 saturated carbocycles.